The first-order valence-corrected chi connectivity index (χ1v) is 8.06. The molecule has 0 aliphatic carbocycles. The Bertz CT molecular complexity index is 663. The van der Waals surface area contributed by atoms with E-state index >= 15 is 0 Å². The number of rotatable bonds is 5. The Kier molecular flexibility index (Phi) is 3.83. The van der Waals surface area contributed by atoms with Gasteiger partial charge in [-0.05, 0) is 18.4 Å². The molecule has 20 heavy (non-hydrogen) atoms. The van der Waals surface area contributed by atoms with Gasteiger partial charge in [-0.15, -0.1) is 0 Å². The highest BCUT2D eigenvalue weighted by Crippen LogP contribution is 2.23. The van der Waals surface area contributed by atoms with Gasteiger partial charge in [-0.1, -0.05) is 55.9 Å². The molecule has 2 aromatic heterocycles. The minimum atomic E-state index is 0.991. The predicted molar refractivity (Wildman–Crippen MR) is 84.3 cm³/mol. The van der Waals surface area contributed by atoms with Crippen LogP contribution in [0.1, 0.15) is 37.3 Å². The van der Waals surface area contributed by atoms with Gasteiger partial charge >= 0.3 is 0 Å². The van der Waals surface area contributed by atoms with Gasteiger partial charge in [0, 0.05) is 12.0 Å². The van der Waals surface area contributed by atoms with Crippen molar-refractivity contribution >= 4 is 16.3 Å². The number of aryl methyl sites for hydroxylation is 2. The molecule has 0 bridgehead atoms. The van der Waals surface area contributed by atoms with Gasteiger partial charge in [-0.2, -0.15) is 5.10 Å². The van der Waals surface area contributed by atoms with E-state index in [2.05, 4.69) is 48.2 Å². The average molecular weight is 285 g/mol. The Labute approximate surface area is 123 Å². The maximum atomic E-state index is 4.69. The molecule has 0 spiro atoms. The van der Waals surface area contributed by atoms with Crippen molar-refractivity contribution in [3.63, 3.8) is 0 Å². The lowest BCUT2D eigenvalue weighted by Crippen LogP contribution is -1.86. The first-order valence-electron chi connectivity index (χ1n) is 7.24. The predicted octanol–water partition coefficient (Wildman–Crippen LogP) is 4.36. The van der Waals surface area contributed by atoms with Crippen molar-refractivity contribution in [2.45, 2.75) is 39.5 Å². The molecule has 104 valence electrons. The van der Waals surface area contributed by atoms with Crippen LogP contribution < -0.4 is 0 Å². The maximum absolute atomic E-state index is 4.69. The molecule has 4 heteroatoms. The van der Waals surface area contributed by atoms with Gasteiger partial charge in [0.25, 0.3) is 0 Å². The number of aromatic nitrogens is 3. The second-order valence-corrected chi connectivity index (χ2v) is 6.04. The second-order valence-electron chi connectivity index (χ2n) is 5.00. The van der Waals surface area contributed by atoms with Gasteiger partial charge in [0.1, 0.15) is 5.01 Å². The fourth-order valence-corrected chi connectivity index (χ4v) is 3.14. The van der Waals surface area contributed by atoms with Gasteiger partial charge < -0.3 is 0 Å². The molecule has 0 fully saturated rings. The van der Waals surface area contributed by atoms with Crippen LogP contribution in [-0.2, 0) is 12.8 Å². The maximum Gasteiger partial charge on any atom is 0.212 e. The fraction of sp³-hybridized carbons (Fsp3) is 0.375. The lowest BCUT2D eigenvalue weighted by Gasteiger charge is -1.98. The van der Waals surface area contributed by atoms with E-state index in [-0.39, 0.29) is 0 Å². The van der Waals surface area contributed by atoms with Gasteiger partial charge in [0.15, 0.2) is 0 Å². The van der Waals surface area contributed by atoms with Crippen LogP contribution in [0.25, 0.3) is 16.2 Å². The molecule has 0 aliphatic heterocycles. The average Bonchev–Trinajstić information content (AvgIpc) is 3.03. The zero-order valence-corrected chi connectivity index (χ0v) is 12.8. The van der Waals surface area contributed by atoms with E-state index in [9.17, 15) is 0 Å². The fourth-order valence-electron chi connectivity index (χ4n) is 2.22. The third-order valence-electron chi connectivity index (χ3n) is 3.49. The number of hydrogen-bond donors (Lipinski definition) is 0. The van der Waals surface area contributed by atoms with Crippen LogP contribution in [0, 0.1) is 0 Å². The highest BCUT2D eigenvalue weighted by Gasteiger charge is 2.09. The van der Waals surface area contributed by atoms with Crippen LogP contribution in [-0.4, -0.2) is 14.6 Å². The molecular weight excluding hydrogens is 266 g/mol. The Morgan fingerprint density at radius 1 is 1.15 bits per heavy atom. The van der Waals surface area contributed by atoms with Crippen LogP contribution in [0.15, 0.2) is 30.5 Å². The van der Waals surface area contributed by atoms with Crippen LogP contribution in [0.2, 0.25) is 0 Å². The van der Waals surface area contributed by atoms with E-state index in [4.69, 9.17) is 0 Å². The topological polar surface area (TPSA) is 30.2 Å². The number of fused-ring (bicyclic) bond motifs is 1. The van der Waals surface area contributed by atoms with E-state index in [0.29, 0.717) is 0 Å². The molecule has 3 rings (SSSR count). The lowest BCUT2D eigenvalue weighted by atomic mass is 10.1. The van der Waals surface area contributed by atoms with Crippen LogP contribution in [0.3, 0.4) is 0 Å². The number of hydrogen-bond acceptors (Lipinski definition) is 3. The van der Waals surface area contributed by atoms with Crippen molar-refractivity contribution in [1.29, 1.82) is 0 Å². The summed E-state index contributed by atoms with van der Waals surface area (Å²) in [6.07, 6.45) is 6.56. The second kappa shape index (κ2) is 5.75. The van der Waals surface area contributed by atoms with E-state index in [0.717, 1.165) is 29.1 Å². The van der Waals surface area contributed by atoms with E-state index < -0.39 is 0 Å². The lowest BCUT2D eigenvalue weighted by molar-refractivity contribution is 0.770. The Hall–Kier alpha value is -1.68. The van der Waals surface area contributed by atoms with Crippen molar-refractivity contribution in [2.75, 3.05) is 0 Å². The van der Waals surface area contributed by atoms with Crippen LogP contribution in [0.5, 0.6) is 0 Å². The number of nitrogens with zero attached hydrogens (tertiary/aromatic N) is 3. The van der Waals surface area contributed by atoms with Gasteiger partial charge in [0.2, 0.25) is 4.96 Å². The van der Waals surface area contributed by atoms with Crippen LogP contribution in [0.4, 0.5) is 0 Å². The summed E-state index contributed by atoms with van der Waals surface area (Å²) in [5, 5.41) is 5.79. The summed E-state index contributed by atoms with van der Waals surface area (Å²) in [4.78, 5) is 5.68. The summed E-state index contributed by atoms with van der Waals surface area (Å²) < 4.78 is 1.92. The van der Waals surface area contributed by atoms with Crippen molar-refractivity contribution in [2.24, 2.45) is 0 Å². The highest BCUT2D eigenvalue weighted by atomic mass is 32.1. The summed E-state index contributed by atoms with van der Waals surface area (Å²) in [7, 11) is 0. The van der Waals surface area contributed by atoms with Crippen molar-refractivity contribution in [3.8, 4) is 11.3 Å². The van der Waals surface area contributed by atoms with Gasteiger partial charge in [-0.25, -0.2) is 9.50 Å². The van der Waals surface area contributed by atoms with Crippen molar-refractivity contribution < 1.29 is 0 Å². The number of imidazole rings is 1. The molecule has 0 amide bonds. The Morgan fingerprint density at radius 3 is 2.60 bits per heavy atom. The molecule has 0 radical (unpaired) electrons. The first-order chi connectivity index (χ1) is 9.80. The highest BCUT2D eigenvalue weighted by molar-refractivity contribution is 7.16. The largest absolute Gasteiger partial charge is 0.217 e. The van der Waals surface area contributed by atoms with E-state index in [1.54, 1.807) is 11.3 Å². The first kappa shape index (κ1) is 13.3. The summed E-state index contributed by atoms with van der Waals surface area (Å²) in [5.41, 5.74) is 3.53. The molecule has 3 aromatic rings. The molecule has 0 unspecified atom stereocenters. The number of unbranched alkanes of at least 4 members (excludes halogenated alkanes) is 1. The SMILES string of the molecule is CCCCc1nn2cc(-c3ccc(CC)cc3)nc2s1. The molecule has 2 heterocycles. The summed E-state index contributed by atoms with van der Waals surface area (Å²) in [6, 6.07) is 8.62. The quantitative estimate of drug-likeness (QED) is 0.697. The standard InChI is InChI=1S/C16H19N3S/c1-3-5-6-15-18-19-11-14(17-16(19)20-15)13-9-7-12(4-2)8-10-13/h7-11H,3-6H2,1-2H3. The monoisotopic (exact) mass is 285 g/mol. The normalized spacial score (nSPS) is 11.3. The summed E-state index contributed by atoms with van der Waals surface area (Å²) in [5.74, 6) is 0. The third-order valence-corrected chi connectivity index (χ3v) is 4.47. The van der Waals surface area contributed by atoms with Crippen molar-refractivity contribution in [3.05, 3.63) is 41.0 Å². The molecular formula is C16H19N3S. The minimum absolute atomic E-state index is 0.991. The van der Waals surface area contributed by atoms with Crippen molar-refractivity contribution in [1.82, 2.24) is 14.6 Å². The molecule has 0 N–H and O–H groups in total. The molecule has 0 aliphatic rings. The van der Waals surface area contributed by atoms with Crippen LogP contribution >= 0.6 is 11.3 Å². The smallest absolute Gasteiger partial charge is 0.212 e. The molecule has 0 atom stereocenters. The van der Waals surface area contributed by atoms with E-state index in [1.165, 1.54) is 23.4 Å². The summed E-state index contributed by atoms with van der Waals surface area (Å²) in [6.45, 7) is 4.38. The summed E-state index contributed by atoms with van der Waals surface area (Å²) >= 11 is 1.70. The molecule has 0 saturated carbocycles. The molecule has 0 saturated heterocycles. The zero-order chi connectivity index (χ0) is 13.9. The van der Waals surface area contributed by atoms with Gasteiger partial charge in [-0.3, -0.25) is 0 Å². The molecule has 3 nitrogen and oxygen atoms in total. The third kappa shape index (κ3) is 2.61. The van der Waals surface area contributed by atoms with Gasteiger partial charge in [0.05, 0.1) is 11.9 Å². The number of benzene rings is 1. The van der Waals surface area contributed by atoms with E-state index in [1.807, 2.05) is 10.7 Å². The Balaban J connectivity index is 1.86. The molecule has 1 aromatic carbocycles. The Morgan fingerprint density at radius 2 is 1.95 bits per heavy atom. The minimum Gasteiger partial charge on any atom is -0.217 e. The zero-order valence-electron chi connectivity index (χ0n) is 12.0.